The summed E-state index contributed by atoms with van der Waals surface area (Å²) in [6.45, 7) is 11.8. The zero-order chi connectivity index (χ0) is 15.5. The third kappa shape index (κ3) is 10.9. The topological polar surface area (TPSA) is 49.0 Å². The molecule has 0 aliphatic carbocycles. The van der Waals surface area contributed by atoms with Crippen molar-refractivity contribution in [3.63, 3.8) is 0 Å². The summed E-state index contributed by atoms with van der Waals surface area (Å²) in [4.78, 5) is 4.90. The summed E-state index contributed by atoms with van der Waals surface area (Å²) in [7, 11) is 0. The van der Waals surface area contributed by atoms with Crippen LogP contribution in [0.1, 0.15) is 12.8 Å². The van der Waals surface area contributed by atoms with Crippen molar-refractivity contribution in [1.82, 2.24) is 20.4 Å². The minimum atomic E-state index is 0. The summed E-state index contributed by atoms with van der Waals surface area (Å²) in [6, 6.07) is 0. The van der Waals surface area contributed by atoms with Gasteiger partial charge in [0, 0.05) is 39.3 Å². The first-order chi connectivity index (χ1) is 10.8. The Hall–Kier alpha value is 0.110. The lowest BCUT2D eigenvalue weighted by molar-refractivity contribution is 0.0375. The van der Waals surface area contributed by atoms with E-state index in [0.29, 0.717) is 0 Å². The van der Waals surface area contributed by atoms with Crippen LogP contribution in [0.15, 0.2) is 0 Å². The minimum absolute atomic E-state index is 0. The number of morpholine rings is 2. The molecule has 0 bridgehead atoms. The first-order valence-electron chi connectivity index (χ1n) is 8.46. The second kappa shape index (κ2) is 15.4. The highest BCUT2D eigenvalue weighted by Gasteiger charge is 2.10. The Balaban J connectivity index is 0.00000264. The number of thiocarbonyl (C=S) groups is 1. The van der Waals surface area contributed by atoms with Crippen LogP contribution in [0.5, 0.6) is 0 Å². The smallest absolute Gasteiger partial charge is 0.166 e. The van der Waals surface area contributed by atoms with Crippen LogP contribution in [-0.2, 0) is 9.47 Å². The lowest BCUT2D eigenvalue weighted by atomic mass is 10.3. The maximum atomic E-state index is 5.34. The molecule has 2 heterocycles. The van der Waals surface area contributed by atoms with E-state index < -0.39 is 0 Å². The van der Waals surface area contributed by atoms with Crippen LogP contribution in [0.25, 0.3) is 0 Å². The number of halogens is 2. The number of hydrogen-bond donors (Lipinski definition) is 2. The van der Waals surface area contributed by atoms with Crippen molar-refractivity contribution in [3.05, 3.63) is 0 Å². The predicted molar refractivity (Wildman–Crippen MR) is 107 cm³/mol. The van der Waals surface area contributed by atoms with Gasteiger partial charge in [0.15, 0.2) is 5.11 Å². The van der Waals surface area contributed by atoms with Gasteiger partial charge in [-0.25, -0.2) is 0 Å². The molecule has 24 heavy (non-hydrogen) atoms. The number of rotatable bonds is 8. The second-order valence-corrected chi connectivity index (χ2v) is 6.21. The summed E-state index contributed by atoms with van der Waals surface area (Å²) >= 11 is 5.30. The normalized spacial score (nSPS) is 19.0. The maximum Gasteiger partial charge on any atom is 0.166 e. The largest absolute Gasteiger partial charge is 0.379 e. The average Bonchev–Trinajstić information content (AvgIpc) is 2.57. The van der Waals surface area contributed by atoms with E-state index in [4.69, 9.17) is 21.7 Å². The molecule has 144 valence electrons. The zero-order valence-electron chi connectivity index (χ0n) is 14.3. The Morgan fingerprint density at radius 1 is 0.750 bits per heavy atom. The van der Waals surface area contributed by atoms with Crippen molar-refractivity contribution >= 4 is 42.1 Å². The molecule has 0 amide bonds. The van der Waals surface area contributed by atoms with Crippen LogP contribution >= 0.6 is 37.0 Å². The molecule has 2 N–H and O–H groups in total. The average molecular weight is 403 g/mol. The van der Waals surface area contributed by atoms with Gasteiger partial charge in [-0.05, 0) is 38.1 Å². The third-order valence-corrected chi connectivity index (χ3v) is 4.37. The molecule has 0 aromatic carbocycles. The zero-order valence-corrected chi connectivity index (χ0v) is 16.8. The SMILES string of the molecule is Cl.Cl.S=C(NCCCN1CCOCC1)NCCCN1CCOCC1. The summed E-state index contributed by atoms with van der Waals surface area (Å²) < 4.78 is 10.7. The molecule has 0 spiro atoms. The van der Waals surface area contributed by atoms with E-state index in [1.165, 1.54) is 0 Å². The summed E-state index contributed by atoms with van der Waals surface area (Å²) in [5, 5.41) is 7.36. The molecule has 0 unspecified atom stereocenters. The Bertz CT molecular complexity index is 290. The van der Waals surface area contributed by atoms with Crippen LogP contribution in [0.2, 0.25) is 0 Å². The quantitative estimate of drug-likeness (QED) is 0.458. The molecular weight excluding hydrogens is 371 g/mol. The molecule has 0 aromatic heterocycles. The number of ether oxygens (including phenoxy) is 2. The lowest BCUT2D eigenvalue weighted by Crippen LogP contribution is -2.41. The van der Waals surface area contributed by atoms with E-state index in [-0.39, 0.29) is 24.8 Å². The highest BCUT2D eigenvalue weighted by atomic mass is 35.5. The Labute approximate surface area is 163 Å². The number of nitrogens with one attached hydrogen (secondary N) is 2. The number of hydrogen-bond acceptors (Lipinski definition) is 5. The first-order valence-corrected chi connectivity index (χ1v) is 8.87. The molecular formula is C15H32Cl2N4O2S. The van der Waals surface area contributed by atoms with Gasteiger partial charge < -0.3 is 20.1 Å². The molecule has 2 aliphatic rings. The van der Waals surface area contributed by atoms with E-state index >= 15 is 0 Å². The standard InChI is InChI=1S/C15H30N4O2S.2ClH/c22-15(16-3-1-5-18-7-11-20-12-8-18)17-4-2-6-19-9-13-21-14-10-19;;/h1-14H2,(H2,16,17,22);2*1H. The summed E-state index contributed by atoms with van der Waals surface area (Å²) in [6.07, 6.45) is 2.24. The number of nitrogens with zero attached hydrogens (tertiary/aromatic N) is 2. The van der Waals surface area contributed by atoms with Crippen molar-refractivity contribution in [2.45, 2.75) is 12.8 Å². The Morgan fingerprint density at radius 2 is 1.12 bits per heavy atom. The fraction of sp³-hybridized carbons (Fsp3) is 0.933. The van der Waals surface area contributed by atoms with Gasteiger partial charge in [-0.3, -0.25) is 9.80 Å². The first kappa shape index (κ1) is 24.1. The minimum Gasteiger partial charge on any atom is -0.379 e. The Morgan fingerprint density at radius 3 is 1.50 bits per heavy atom. The van der Waals surface area contributed by atoms with Gasteiger partial charge in [0.2, 0.25) is 0 Å². The molecule has 0 radical (unpaired) electrons. The van der Waals surface area contributed by atoms with E-state index in [2.05, 4.69) is 20.4 Å². The molecule has 9 heteroatoms. The van der Waals surface area contributed by atoms with Crippen LogP contribution in [0, 0.1) is 0 Å². The molecule has 0 aromatic rings. The second-order valence-electron chi connectivity index (χ2n) is 5.80. The highest BCUT2D eigenvalue weighted by Crippen LogP contribution is 1.98. The lowest BCUT2D eigenvalue weighted by Gasteiger charge is -2.26. The molecule has 2 fully saturated rings. The van der Waals surface area contributed by atoms with Crippen LogP contribution in [0.4, 0.5) is 0 Å². The van der Waals surface area contributed by atoms with Gasteiger partial charge in [0.25, 0.3) is 0 Å². The fourth-order valence-corrected chi connectivity index (χ4v) is 2.93. The van der Waals surface area contributed by atoms with Crippen molar-refractivity contribution in [3.8, 4) is 0 Å². The van der Waals surface area contributed by atoms with E-state index in [1.54, 1.807) is 0 Å². The maximum absolute atomic E-state index is 5.34. The fourth-order valence-electron chi connectivity index (χ4n) is 2.72. The van der Waals surface area contributed by atoms with Crippen molar-refractivity contribution in [1.29, 1.82) is 0 Å². The molecule has 2 aliphatic heterocycles. The van der Waals surface area contributed by atoms with Gasteiger partial charge in [0.1, 0.15) is 0 Å². The molecule has 2 rings (SSSR count). The third-order valence-electron chi connectivity index (χ3n) is 4.08. The molecule has 6 nitrogen and oxygen atoms in total. The van der Waals surface area contributed by atoms with Crippen molar-refractivity contribution < 1.29 is 9.47 Å². The van der Waals surface area contributed by atoms with Gasteiger partial charge in [-0.2, -0.15) is 0 Å². The molecule has 0 atom stereocenters. The van der Waals surface area contributed by atoms with Crippen LogP contribution in [-0.4, -0.2) is 93.7 Å². The van der Waals surface area contributed by atoms with Gasteiger partial charge in [-0.15, -0.1) is 24.8 Å². The van der Waals surface area contributed by atoms with Crippen molar-refractivity contribution in [2.24, 2.45) is 0 Å². The van der Waals surface area contributed by atoms with Crippen LogP contribution in [0.3, 0.4) is 0 Å². The molecule has 0 saturated carbocycles. The van der Waals surface area contributed by atoms with Gasteiger partial charge in [-0.1, -0.05) is 0 Å². The van der Waals surface area contributed by atoms with Gasteiger partial charge in [0.05, 0.1) is 26.4 Å². The van der Waals surface area contributed by atoms with E-state index in [1.807, 2.05) is 0 Å². The van der Waals surface area contributed by atoms with Gasteiger partial charge >= 0.3 is 0 Å². The monoisotopic (exact) mass is 402 g/mol. The molecule has 2 saturated heterocycles. The summed E-state index contributed by atoms with van der Waals surface area (Å²) in [5.41, 5.74) is 0. The summed E-state index contributed by atoms with van der Waals surface area (Å²) in [5.74, 6) is 0. The Kier molecular flexibility index (Phi) is 15.4. The predicted octanol–water partition coefficient (Wildman–Crippen LogP) is 0.739. The van der Waals surface area contributed by atoms with Crippen LogP contribution < -0.4 is 10.6 Å². The van der Waals surface area contributed by atoms with E-state index in [0.717, 1.165) is 96.7 Å². The highest BCUT2D eigenvalue weighted by molar-refractivity contribution is 7.80. The van der Waals surface area contributed by atoms with E-state index in [9.17, 15) is 0 Å². The van der Waals surface area contributed by atoms with Crippen molar-refractivity contribution in [2.75, 3.05) is 78.8 Å².